The third kappa shape index (κ3) is 3.99. The number of halogens is 1. The number of phenols is 1. The molecule has 0 aliphatic rings. The van der Waals surface area contributed by atoms with Crippen molar-refractivity contribution >= 4 is 21.8 Å². The number of benzene rings is 1. The van der Waals surface area contributed by atoms with E-state index >= 15 is 0 Å². The highest BCUT2D eigenvalue weighted by Crippen LogP contribution is 2.24. The van der Waals surface area contributed by atoms with Gasteiger partial charge >= 0.3 is 0 Å². The number of ether oxygens (including phenoxy) is 2. The summed E-state index contributed by atoms with van der Waals surface area (Å²) in [7, 11) is 2.98. The van der Waals surface area contributed by atoms with Crippen molar-refractivity contribution in [1.29, 1.82) is 0 Å². The number of methoxy groups -OCH3 is 2. The van der Waals surface area contributed by atoms with Gasteiger partial charge in [-0.3, -0.25) is 4.79 Å². The molecular weight excluding hydrogens is 290 g/mol. The number of nitrogens with one attached hydrogen (secondary N) is 1. The smallest absolute Gasteiger partial charge is 0.251 e. The molecule has 0 saturated heterocycles. The Kier molecular flexibility index (Phi) is 5.40. The highest BCUT2D eigenvalue weighted by atomic mass is 79.9. The van der Waals surface area contributed by atoms with Gasteiger partial charge in [-0.25, -0.2) is 0 Å². The summed E-state index contributed by atoms with van der Waals surface area (Å²) in [5, 5.41) is 12.1. The molecule has 94 valence electrons. The predicted octanol–water partition coefficient (Wildman–Crippen LogP) is 1.50. The van der Waals surface area contributed by atoms with E-state index in [0.29, 0.717) is 10.0 Å². The summed E-state index contributed by atoms with van der Waals surface area (Å²) in [6.45, 7) is 0.239. The number of carbonyl (C=O) groups excluding carboxylic acids is 1. The van der Waals surface area contributed by atoms with Gasteiger partial charge < -0.3 is 19.9 Å². The summed E-state index contributed by atoms with van der Waals surface area (Å²) in [6, 6.07) is 4.59. The Morgan fingerprint density at radius 3 is 2.65 bits per heavy atom. The van der Waals surface area contributed by atoms with E-state index in [2.05, 4.69) is 21.2 Å². The van der Waals surface area contributed by atoms with Crippen LogP contribution < -0.4 is 5.32 Å². The van der Waals surface area contributed by atoms with Gasteiger partial charge in [0.05, 0.1) is 11.0 Å². The fourth-order valence-corrected chi connectivity index (χ4v) is 1.44. The molecule has 0 bridgehead atoms. The van der Waals surface area contributed by atoms with E-state index in [1.165, 1.54) is 20.3 Å². The predicted molar refractivity (Wildman–Crippen MR) is 65.9 cm³/mol. The standard InChI is InChI=1S/C11H14BrNO4/c1-16-10(17-2)6-13-11(15)7-3-4-8(12)9(14)5-7/h3-5,10,14H,6H2,1-2H3,(H,13,15). The molecule has 1 amide bonds. The van der Waals surface area contributed by atoms with Gasteiger partial charge in [0.25, 0.3) is 5.91 Å². The molecular formula is C11H14BrNO4. The van der Waals surface area contributed by atoms with Gasteiger partial charge in [0, 0.05) is 19.8 Å². The van der Waals surface area contributed by atoms with Crippen LogP contribution in [-0.2, 0) is 9.47 Å². The van der Waals surface area contributed by atoms with Gasteiger partial charge in [-0.15, -0.1) is 0 Å². The van der Waals surface area contributed by atoms with Crippen molar-refractivity contribution in [2.24, 2.45) is 0 Å². The summed E-state index contributed by atoms with van der Waals surface area (Å²) in [4.78, 5) is 11.7. The molecule has 0 atom stereocenters. The maximum Gasteiger partial charge on any atom is 0.251 e. The first-order chi connectivity index (χ1) is 8.08. The van der Waals surface area contributed by atoms with Crippen molar-refractivity contribution in [1.82, 2.24) is 5.32 Å². The van der Waals surface area contributed by atoms with Crippen LogP contribution in [0.5, 0.6) is 5.75 Å². The Bertz CT molecular complexity index is 393. The summed E-state index contributed by atoms with van der Waals surface area (Å²) >= 11 is 3.14. The molecule has 1 rings (SSSR count). The van der Waals surface area contributed by atoms with Crippen molar-refractivity contribution in [3.8, 4) is 5.75 Å². The van der Waals surface area contributed by atoms with Crippen LogP contribution in [0.3, 0.4) is 0 Å². The van der Waals surface area contributed by atoms with Crippen LogP contribution >= 0.6 is 15.9 Å². The van der Waals surface area contributed by atoms with Crippen LogP contribution in [0.1, 0.15) is 10.4 Å². The fourth-order valence-electron chi connectivity index (χ4n) is 1.19. The number of carbonyl (C=O) groups is 1. The lowest BCUT2D eigenvalue weighted by molar-refractivity contribution is -0.0974. The molecule has 0 spiro atoms. The van der Waals surface area contributed by atoms with E-state index in [9.17, 15) is 9.90 Å². The Balaban J connectivity index is 2.61. The Morgan fingerprint density at radius 1 is 1.47 bits per heavy atom. The van der Waals surface area contributed by atoms with Gasteiger partial charge in [0.2, 0.25) is 0 Å². The Labute approximate surface area is 108 Å². The zero-order chi connectivity index (χ0) is 12.8. The largest absolute Gasteiger partial charge is 0.507 e. The van der Waals surface area contributed by atoms with E-state index in [1.807, 2.05) is 0 Å². The van der Waals surface area contributed by atoms with Crippen molar-refractivity contribution < 1.29 is 19.4 Å². The number of hydrogen-bond acceptors (Lipinski definition) is 4. The molecule has 0 unspecified atom stereocenters. The van der Waals surface area contributed by atoms with Gasteiger partial charge in [-0.05, 0) is 34.1 Å². The molecule has 1 aromatic rings. The Hall–Kier alpha value is -1.11. The van der Waals surface area contributed by atoms with Crippen LogP contribution in [-0.4, -0.2) is 38.1 Å². The zero-order valence-corrected chi connectivity index (χ0v) is 11.2. The summed E-state index contributed by atoms with van der Waals surface area (Å²) < 4.78 is 10.4. The second kappa shape index (κ2) is 6.58. The summed E-state index contributed by atoms with van der Waals surface area (Å²) in [6.07, 6.45) is -0.483. The normalized spacial score (nSPS) is 10.6. The average Bonchev–Trinajstić information content (AvgIpc) is 2.33. The minimum atomic E-state index is -0.483. The maximum absolute atomic E-state index is 11.7. The monoisotopic (exact) mass is 303 g/mol. The second-order valence-corrected chi connectivity index (χ2v) is 4.13. The molecule has 0 aromatic heterocycles. The molecule has 0 saturated carbocycles. The van der Waals surface area contributed by atoms with Crippen molar-refractivity contribution in [2.45, 2.75) is 6.29 Å². The first kappa shape index (κ1) is 14.0. The number of rotatable bonds is 5. The number of phenolic OH excluding ortho intramolecular Hbond substituents is 1. The molecule has 0 heterocycles. The first-order valence-corrected chi connectivity index (χ1v) is 5.70. The SMILES string of the molecule is COC(CNC(=O)c1ccc(Br)c(O)c1)OC. The maximum atomic E-state index is 11.7. The average molecular weight is 304 g/mol. The van der Waals surface area contributed by atoms with Crippen LogP contribution in [0, 0.1) is 0 Å². The number of hydrogen-bond donors (Lipinski definition) is 2. The fraction of sp³-hybridized carbons (Fsp3) is 0.364. The minimum Gasteiger partial charge on any atom is -0.507 e. The molecule has 0 aliphatic heterocycles. The lowest BCUT2D eigenvalue weighted by Gasteiger charge is -2.14. The lowest BCUT2D eigenvalue weighted by atomic mass is 10.2. The number of aromatic hydroxyl groups is 1. The summed E-state index contributed by atoms with van der Waals surface area (Å²) in [5.41, 5.74) is 0.372. The van der Waals surface area contributed by atoms with Gasteiger partial charge in [0.15, 0.2) is 6.29 Å². The Morgan fingerprint density at radius 2 is 2.12 bits per heavy atom. The number of amides is 1. The van der Waals surface area contributed by atoms with Gasteiger partial charge in [0.1, 0.15) is 5.75 Å². The van der Waals surface area contributed by atoms with Crippen molar-refractivity contribution in [2.75, 3.05) is 20.8 Å². The molecule has 0 aliphatic carbocycles. The molecule has 1 aromatic carbocycles. The van der Waals surface area contributed by atoms with E-state index in [0.717, 1.165) is 0 Å². The molecule has 17 heavy (non-hydrogen) atoms. The molecule has 5 nitrogen and oxygen atoms in total. The van der Waals surface area contributed by atoms with Gasteiger partial charge in [-0.1, -0.05) is 0 Å². The van der Waals surface area contributed by atoms with E-state index < -0.39 is 6.29 Å². The second-order valence-electron chi connectivity index (χ2n) is 3.28. The lowest BCUT2D eigenvalue weighted by Crippen LogP contribution is -2.34. The van der Waals surface area contributed by atoms with Crippen molar-refractivity contribution in [3.05, 3.63) is 28.2 Å². The van der Waals surface area contributed by atoms with Crippen LogP contribution in [0.4, 0.5) is 0 Å². The van der Waals surface area contributed by atoms with Crippen LogP contribution in [0.2, 0.25) is 0 Å². The van der Waals surface area contributed by atoms with E-state index in [4.69, 9.17) is 9.47 Å². The first-order valence-electron chi connectivity index (χ1n) is 4.90. The molecule has 2 N–H and O–H groups in total. The topological polar surface area (TPSA) is 67.8 Å². The zero-order valence-electron chi connectivity index (χ0n) is 9.57. The third-order valence-electron chi connectivity index (χ3n) is 2.16. The molecule has 0 radical (unpaired) electrons. The molecule has 6 heteroatoms. The minimum absolute atomic E-state index is 0.0210. The van der Waals surface area contributed by atoms with E-state index in [1.54, 1.807) is 12.1 Å². The van der Waals surface area contributed by atoms with Crippen LogP contribution in [0.25, 0.3) is 0 Å². The van der Waals surface area contributed by atoms with E-state index in [-0.39, 0.29) is 18.2 Å². The van der Waals surface area contributed by atoms with Crippen molar-refractivity contribution in [3.63, 3.8) is 0 Å². The third-order valence-corrected chi connectivity index (χ3v) is 2.83. The highest BCUT2D eigenvalue weighted by molar-refractivity contribution is 9.10. The quantitative estimate of drug-likeness (QED) is 0.809. The highest BCUT2D eigenvalue weighted by Gasteiger charge is 2.11. The molecule has 0 fully saturated rings. The summed E-state index contributed by atoms with van der Waals surface area (Å²) in [5.74, 6) is -0.278. The van der Waals surface area contributed by atoms with Crippen LogP contribution in [0.15, 0.2) is 22.7 Å². The van der Waals surface area contributed by atoms with Gasteiger partial charge in [-0.2, -0.15) is 0 Å².